The molecule has 2 aromatic rings. The van der Waals surface area contributed by atoms with Gasteiger partial charge in [-0.1, -0.05) is 36.9 Å². The maximum absolute atomic E-state index is 12.8. The molecule has 1 aliphatic heterocycles. The summed E-state index contributed by atoms with van der Waals surface area (Å²) in [6.07, 6.45) is 9.16. The highest BCUT2D eigenvalue weighted by molar-refractivity contribution is 6.04. The molecule has 150 valence electrons. The number of nitrogens with one attached hydrogen (secondary N) is 1. The van der Waals surface area contributed by atoms with Crippen molar-refractivity contribution in [2.75, 3.05) is 18.4 Å². The Balaban J connectivity index is 1.78. The summed E-state index contributed by atoms with van der Waals surface area (Å²) in [5.41, 5.74) is 6.36. The third-order valence-electron chi connectivity index (χ3n) is 5.44. The first-order valence-corrected chi connectivity index (χ1v) is 10.2. The van der Waals surface area contributed by atoms with Gasteiger partial charge in [0.25, 0.3) is 5.91 Å². The van der Waals surface area contributed by atoms with Crippen LogP contribution in [-0.2, 0) is 0 Å². The highest BCUT2D eigenvalue weighted by Gasteiger charge is 2.26. The Hall–Kier alpha value is -3.07. The standard InChI is InChI=1S/C26H30N2O/c1-5-8-24(9-6-2)28-15-14-22(18-28)25-17-21(13-12-20(25)4)26(29)27-23-11-7-10-19(3)16-23/h5-13,16-17,22H,1,14-15,18H2,2-4H3,(H,27,29)/b9-6-,24-8+. The maximum atomic E-state index is 12.8. The Bertz CT molecular complexity index is 955. The van der Waals surface area contributed by atoms with E-state index in [0.717, 1.165) is 30.8 Å². The van der Waals surface area contributed by atoms with Crippen LogP contribution in [-0.4, -0.2) is 23.9 Å². The molecule has 1 heterocycles. The van der Waals surface area contributed by atoms with Crippen LogP contribution >= 0.6 is 0 Å². The molecule has 1 N–H and O–H groups in total. The minimum Gasteiger partial charge on any atom is -0.371 e. The Labute approximate surface area is 174 Å². The zero-order chi connectivity index (χ0) is 20.8. The molecule has 1 fully saturated rings. The quantitative estimate of drug-likeness (QED) is 0.618. The Morgan fingerprint density at radius 3 is 2.76 bits per heavy atom. The molecule has 0 aliphatic carbocycles. The molecular formula is C26H30N2O. The molecule has 3 heteroatoms. The number of aryl methyl sites for hydroxylation is 2. The fourth-order valence-electron chi connectivity index (χ4n) is 3.95. The first-order valence-electron chi connectivity index (χ1n) is 10.2. The monoisotopic (exact) mass is 386 g/mol. The number of likely N-dealkylation sites (tertiary alicyclic amines) is 1. The summed E-state index contributed by atoms with van der Waals surface area (Å²) < 4.78 is 0. The third kappa shape index (κ3) is 5.05. The zero-order valence-electron chi connectivity index (χ0n) is 17.6. The van der Waals surface area contributed by atoms with E-state index in [9.17, 15) is 4.79 Å². The number of benzene rings is 2. The number of carbonyl (C=O) groups excluding carboxylic acids is 1. The van der Waals surface area contributed by atoms with Crippen molar-refractivity contribution in [1.29, 1.82) is 0 Å². The normalized spacial score (nSPS) is 17.0. The summed E-state index contributed by atoms with van der Waals surface area (Å²) in [6, 6.07) is 13.9. The van der Waals surface area contributed by atoms with Crippen molar-refractivity contribution in [2.24, 2.45) is 0 Å². The molecule has 1 aliphatic rings. The van der Waals surface area contributed by atoms with Crippen molar-refractivity contribution in [3.63, 3.8) is 0 Å². The Morgan fingerprint density at radius 1 is 1.21 bits per heavy atom. The van der Waals surface area contributed by atoms with Crippen molar-refractivity contribution >= 4 is 11.6 Å². The largest absolute Gasteiger partial charge is 0.371 e. The molecule has 1 atom stereocenters. The Kier molecular flexibility index (Phi) is 6.71. The van der Waals surface area contributed by atoms with Crippen molar-refractivity contribution < 1.29 is 4.79 Å². The molecule has 0 saturated carbocycles. The van der Waals surface area contributed by atoms with Crippen LogP contribution in [0.15, 0.2) is 79.0 Å². The lowest BCUT2D eigenvalue weighted by molar-refractivity contribution is 0.102. The van der Waals surface area contributed by atoms with Gasteiger partial charge in [0.05, 0.1) is 0 Å². The van der Waals surface area contributed by atoms with Crippen molar-refractivity contribution in [2.45, 2.75) is 33.1 Å². The van der Waals surface area contributed by atoms with E-state index in [1.54, 1.807) is 0 Å². The highest BCUT2D eigenvalue weighted by atomic mass is 16.1. The van der Waals surface area contributed by atoms with E-state index in [1.807, 2.05) is 50.3 Å². The molecule has 0 bridgehead atoms. The van der Waals surface area contributed by atoms with E-state index >= 15 is 0 Å². The summed E-state index contributed by atoms with van der Waals surface area (Å²) in [7, 11) is 0. The number of hydrogen-bond donors (Lipinski definition) is 1. The molecule has 1 unspecified atom stereocenters. The van der Waals surface area contributed by atoms with Gasteiger partial charge in [-0.15, -0.1) is 0 Å². The lowest BCUT2D eigenvalue weighted by Crippen LogP contribution is -2.19. The van der Waals surface area contributed by atoms with E-state index in [-0.39, 0.29) is 5.91 Å². The average molecular weight is 387 g/mol. The van der Waals surface area contributed by atoms with Gasteiger partial charge in [-0.25, -0.2) is 0 Å². The molecule has 0 radical (unpaired) electrons. The maximum Gasteiger partial charge on any atom is 0.255 e. The van der Waals surface area contributed by atoms with E-state index in [4.69, 9.17) is 0 Å². The van der Waals surface area contributed by atoms with Crippen LogP contribution in [0.1, 0.15) is 46.3 Å². The summed E-state index contributed by atoms with van der Waals surface area (Å²) in [5, 5.41) is 3.02. The van der Waals surface area contributed by atoms with Crippen LogP contribution < -0.4 is 5.32 Å². The number of allylic oxidation sites excluding steroid dienone is 4. The van der Waals surface area contributed by atoms with E-state index in [1.165, 1.54) is 16.8 Å². The van der Waals surface area contributed by atoms with Gasteiger partial charge >= 0.3 is 0 Å². The molecule has 2 aromatic carbocycles. The predicted octanol–water partition coefficient (Wildman–Crippen LogP) is 5.99. The van der Waals surface area contributed by atoms with Gasteiger partial charge in [0.2, 0.25) is 0 Å². The van der Waals surface area contributed by atoms with Crippen LogP contribution in [0, 0.1) is 13.8 Å². The minimum atomic E-state index is -0.0622. The van der Waals surface area contributed by atoms with Crippen LogP contribution in [0.25, 0.3) is 0 Å². The number of nitrogens with zero attached hydrogens (tertiary/aromatic N) is 1. The fraction of sp³-hybridized carbons (Fsp3) is 0.269. The second-order valence-electron chi connectivity index (χ2n) is 7.65. The molecule has 3 nitrogen and oxygen atoms in total. The number of rotatable bonds is 6. The molecule has 29 heavy (non-hydrogen) atoms. The minimum absolute atomic E-state index is 0.0622. The second kappa shape index (κ2) is 9.42. The number of hydrogen-bond acceptors (Lipinski definition) is 2. The van der Waals surface area contributed by atoms with Gasteiger partial charge in [-0.05, 0) is 80.3 Å². The summed E-state index contributed by atoms with van der Waals surface area (Å²) >= 11 is 0. The van der Waals surface area contributed by atoms with Crippen molar-refractivity contribution in [3.05, 3.63) is 101 Å². The Morgan fingerprint density at radius 2 is 2.03 bits per heavy atom. The van der Waals surface area contributed by atoms with Crippen molar-refractivity contribution in [3.8, 4) is 0 Å². The van der Waals surface area contributed by atoms with Gasteiger partial charge < -0.3 is 10.2 Å². The third-order valence-corrected chi connectivity index (χ3v) is 5.44. The van der Waals surface area contributed by atoms with Gasteiger partial charge in [0.15, 0.2) is 0 Å². The predicted molar refractivity (Wildman–Crippen MR) is 122 cm³/mol. The number of anilines is 1. The van der Waals surface area contributed by atoms with Crippen molar-refractivity contribution in [1.82, 2.24) is 4.90 Å². The SMILES string of the molecule is C=C/C=C(\C=C/C)N1CCC(c2cc(C(=O)Nc3cccc(C)c3)ccc2C)C1. The molecule has 0 spiro atoms. The van der Waals surface area contributed by atoms with Crippen LogP contribution in [0.4, 0.5) is 5.69 Å². The molecule has 0 aromatic heterocycles. The van der Waals surface area contributed by atoms with Crippen LogP contribution in [0.5, 0.6) is 0 Å². The number of amides is 1. The smallest absolute Gasteiger partial charge is 0.255 e. The molecule has 1 amide bonds. The first kappa shape index (κ1) is 20.7. The lowest BCUT2D eigenvalue weighted by Gasteiger charge is -2.21. The van der Waals surface area contributed by atoms with E-state index in [2.05, 4.69) is 54.1 Å². The fourth-order valence-corrected chi connectivity index (χ4v) is 3.95. The molecule has 3 rings (SSSR count). The van der Waals surface area contributed by atoms with Gasteiger partial charge in [0.1, 0.15) is 0 Å². The topological polar surface area (TPSA) is 32.3 Å². The second-order valence-corrected chi connectivity index (χ2v) is 7.65. The van der Waals surface area contributed by atoms with Gasteiger partial charge in [-0.2, -0.15) is 0 Å². The zero-order valence-corrected chi connectivity index (χ0v) is 17.6. The average Bonchev–Trinajstić information content (AvgIpc) is 3.18. The molecular weight excluding hydrogens is 356 g/mol. The first-order chi connectivity index (χ1) is 14.0. The summed E-state index contributed by atoms with van der Waals surface area (Å²) in [4.78, 5) is 15.2. The summed E-state index contributed by atoms with van der Waals surface area (Å²) in [6.45, 7) is 12.0. The van der Waals surface area contributed by atoms with E-state index in [0.29, 0.717) is 11.5 Å². The van der Waals surface area contributed by atoms with Crippen LogP contribution in [0.3, 0.4) is 0 Å². The van der Waals surface area contributed by atoms with E-state index < -0.39 is 0 Å². The number of carbonyl (C=O) groups is 1. The molecule has 1 saturated heterocycles. The van der Waals surface area contributed by atoms with Crippen LogP contribution in [0.2, 0.25) is 0 Å². The van der Waals surface area contributed by atoms with Gasteiger partial charge in [0, 0.05) is 36.0 Å². The summed E-state index contributed by atoms with van der Waals surface area (Å²) in [5.74, 6) is 0.355. The lowest BCUT2D eigenvalue weighted by atomic mass is 9.92. The van der Waals surface area contributed by atoms with Gasteiger partial charge in [-0.3, -0.25) is 4.79 Å². The highest BCUT2D eigenvalue weighted by Crippen LogP contribution is 2.32.